The number of nitrogens with zero attached hydrogens (tertiary/aromatic N) is 1. The highest BCUT2D eigenvalue weighted by Crippen LogP contribution is 2.51. The van der Waals surface area contributed by atoms with Crippen molar-refractivity contribution in [2.24, 2.45) is 5.92 Å². The van der Waals surface area contributed by atoms with Crippen molar-refractivity contribution in [1.29, 1.82) is 0 Å². The maximum atomic E-state index is 11.3. The van der Waals surface area contributed by atoms with Gasteiger partial charge < -0.3 is 5.32 Å². The number of nitrogens with one attached hydrogen (secondary N) is 1. The van der Waals surface area contributed by atoms with Gasteiger partial charge in [0.1, 0.15) is 5.02 Å². The number of fused-ring (bicyclic) bond motifs is 3. The van der Waals surface area contributed by atoms with Gasteiger partial charge in [0, 0.05) is 17.7 Å². The number of hydrogen-bond acceptors (Lipinski definition) is 3. The molecule has 0 radical (unpaired) electrons. The first-order valence-corrected chi connectivity index (χ1v) is 8.81. The summed E-state index contributed by atoms with van der Waals surface area (Å²) < 4.78 is 0. The Kier molecular flexibility index (Phi) is 3.80. The van der Waals surface area contributed by atoms with Crippen LogP contribution in [0, 0.1) is 29.9 Å². The average Bonchev–Trinajstić information content (AvgIpc) is 3.04. The molecule has 1 aliphatic carbocycles. The number of anilines is 1. The van der Waals surface area contributed by atoms with E-state index in [0.717, 1.165) is 17.7 Å². The molecule has 0 bridgehead atoms. The highest BCUT2D eigenvalue weighted by atomic mass is 35.5. The second-order valence-electron chi connectivity index (χ2n) is 6.99. The monoisotopic (exact) mass is 354 g/mol. The van der Waals surface area contributed by atoms with Gasteiger partial charge in [0.2, 0.25) is 0 Å². The minimum absolute atomic E-state index is 0.0323. The molecule has 0 fully saturated rings. The lowest BCUT2D eigenvalue weighted by Gasteiger charge is -2.38. The largest absolute Gasteiger partial charge is 0.377 e. The van der Waals surface area contributed by atoms with Crippen LogP contribution in [-0.4, -0.2) is 4.92 Å². The van der Waals surface area contributed by atoms with E-state index < -0.39 is 4.92 Å². The summed E-state index contributed by atoms with van der Waals surface area (Å²) in [6.07, 6.45) is 5.47. The predicted octanol–water partition coefficient (Wildman–Crippen LogP) is 5.69. The lowest BCUT2D eigenvalue weighted by molar-refractivity contribution is -0.384. The highest BCUT2D eigenvalue weighted by molar-refractivity contribution is 6.32. The van der Waals surface area contributed by atoms with E-state index in [0.29, 0.717) is 11.8 Å². The van der Waals surface area contributed by atoms with Crippen molar-refractivity contribution >= 4 is 23.0 Å². The van der Waals surface area contributed by atoms with Crippen LogP contribution < -0.4 is 5.32 Å². The molecular formula is C20H19ClN2O2. The molecule has 4 nitrogen and oxygen atoms in total. The minimum Gasteiger partial charge on any atom is -0.377 e. The van der Waals surface area contributed by atoms with Crippen LogP contribution in [0.5, 0.6) is 0 Å². The summed E-state index contributed by atoms with van der Waals surface area (Å²) in [7, 11) is 0. The Balaban J connectivity index is 1.82. The molecule has 5 heteroatoms. The molecule has 2 aromatic carbocycles. The standard InChI is InChI=1S/C20H19ClN2O2/c1-11-8-12(2)19-16(9-11)14-4-3-5-15(14)20(22-19)13-6-7-17(21)18(10-13)23(24)25/h3-4,6-10,14-15,20,22H,5H2,1-2H3/t14-,15+,20-/m1/s1. The van der Waals surface area contributed by atoms with Crippen molar-refractivity contribution in [3.05, 3.63) is 79.9 Å². The molecule has 0 aromatic heterocycles. The Labute approximate surface area is 151 Å². The van der Waals surface area contributed by atoms with Crippen molar-refractivity contribution in [1.82, 2.24) is 0 Å². The van der Waals surface area contributed by atoms with E-state index in [2.05, 4.69) is 43.4 Å². The van der Waals surface area contributed by atoms with Gasteiger partial charge in [-0.2, -0.15) is 0 Å². The molecule has 0 amide bonds. The maximum Gasteiger partial charge on any atom is 0.288 e. The molecule has 0 spiro atoms. The third kappa shape index (κ3) is 2.61. The van der Waals surface area contributed by atoms with E-state index in [9.17, 15) is 10.1 Å². The molecule has 1 aliphatic heterocycles. The average molecular weight is 355 g/mol. The second kappa shape index (κ2) is 5.88. The van der Waals surface area contributed by atoms with Crippen LogP contribution in [-0.2, 0) is 0 Å². The SMILES string of the molecule is Cc1cc(C)c2c(c1)[C@@H]1C=CC[C@@H]1[C@@H](c1ccc(Cl)c([N+](=O)[O-])c1)N2. The van der Waals surface area contributed by atoms with Gasteiger partial charge in [0.05, 0.1) is 11.0 Å². The Morgan fingerprint density at radius 2 is 2.04 bits per heavy atom. The number of aryl methyl sites for hydroxylation is 2. The van der Waals surface area contributed by atoms with Crippen LogP contribution in [0.25, 0.3) is 0 Å². The fraction of sp³-hybridized carbons (Fsp3) is 0.300. The van der Waals surface area contributed by atoms with E-state index in [-0.39, 0.29) is 16.8 Å². The Morgan fingerprint density at radius 1 is 1.24 bits per heavy atom. The van der Waals surface area contributed by atoms with E-state index in [1.54, 1.807) is 12.1 Å². The number of rotatable bonds is 2. The summed E-state index contributed by atoms with van der Waals surface area (Å²) in [6, 6.07) is 9.60. The summed E-state index contributed by atoms with van der Waals surface area (Å²) in [5, 5.41) is 15.1. The van der Waals surface area contributed by atoms with Crippen LogP contribution in [0.2, 0.25) is 5.02 Å². The van der Waals surface area contributed by atoms with Gasteiger partial charge in [-0.25, -0.2) is 0 Å². The Hall–Kier alpha value is -2.33. The summed E-state index contributed by atoms with van der Waals surface area (Å²) in [4.78, 5) is 10.8. The molecular weight excluding hydrogens is 336 g/mol. The molecule has 0 unspecified atom stereocenters. The Morgan fingerprint density at radius 3 is 2.80 bits per heavy atom. The normalized spacial score (nSPS) is 23.7. The lowest BCUT2D eigenvalue weighted by atomic mass is 9.76. The fourth-order valence-corrected chi connectivity index (χ4v) is 4.45. The first-order chi connectivity index (χ1) is 12.0. The second-order valence-corrected chi connectivity index (χ2v) is 7.40. The van der Waals surface area contributed by atoms with Gasteiger partial charge in [-0.05, 0) is 48.9 Å². The third-order valence-corrected chi connectivity index (χ3v) is 5.66. The van der Waals surface area contributed by atoms with Crippen molar-refractivity contribution in [3.63, 3.8) is 0 Å². The molecule has 128 valence electrons. The van der Waals surface area contributed by atoms with Gasteiger partial charge in [0.25, 0.3) is 5.69 Å². The number of hydrogen-bond donors (Lipinski definition) is 1. The van der Waals surface area contributed by atoms with E-state index in [1.807, 2.05) is 6.07 Å². The molecule has 4 rings (SSSR count). The number of allylic oxidation sites excluding steroid dienone is 2. The minimum atomic E-state index is -0.415. The number of halogens is 1. The van der Waals surface area contributed by atoms with Crippen LogP contribution in [0.1, 0.15) is 40.6 Å². The van der Waals surface area contributed by atoms with Gasteiger partial charge in [-0.15, -0.1) is 0 Å². The topological polar surface area (TPSA) is 55.2 Å². The van der Waals surface area contributed by atoms with E-state index in [1.165, 1.54) is 16.7 Å². The van der Waals surface area contributed by atoms with Crippen molar-refractivity contribution in [2.45, 2.75) is 32.2 Å². The van der Waals surface area contributed by atoms with Gasteiger partial charge >= 0.3 is 0 Å². The predicted molar refractivity (Wildman–Crippen MR) is 100 cm³/mol. The molecule has 25 heavy (non-hydrogen) atoms. The zero-order valence-electron chi connectivity index (χ0n) is 14.1. The van der Waals surface area contributed by atoms with Crippen molar-refractivity contribution in [3.8, 4) is 0 Å². The quantitative estimate of drug-likeness (QED) is 0.428. The third-order valence-electron chi connectivity index (χ3n) is 5.34. The fourth-order valence-electron chi connectivity index (χ4n) is 4.27. The van der Waals surface area contributed by atoms with E-state index >= 15 is 0 Å². The molecule has 3 atom stereocenters. The maximum absolute atomic E-state index is 11.3. The van der Waals surface area contributed by atoms with Gasteiger partial charge in [-0.3, -0.25) is 10.1 Å². The number of nitro groups is 1. The highest BCUT2D eigenvalue weighted by Gasteiger charge is 2.39. The first-order valence-electron chi connectivity index (χ1n) is 8.44. The first kappa shape index (κ1) is 16.2. The zero-order valence-corrected chi connectivity index (χ0v) is 14.9. The van der Waals surface area contributed by atoms with Crippen LogP contribution in [0.4, 0.5) is 11.4 Å². The number of nitro benzene ring substituents is 1. The van der Waals surface area contributed by atoms with E-state index in [4.69, 9.17) is 11.6 Å². The molecule has 1 heterocycles. The van der Waals surface area contributed by atoms with Crippen LogP contribution in [0.3, 0.4) is 0 Å². The summed E-state index contributed by atoms with van der Waals surface area (Å²) in [5.74, 6) is 0.698. The Bertz CT molecular complexity index is 907. The smallest absolute Gasteiger partial charge is 0.288 e. The van der Waals surface area contributed by atoms with Crippen molar-refractivity contribution in [2.75, 3.05) is 5.32 Å². The summed E-state index contributed by atoms with van der Waals surface area (Å²) >= 11 is 5.99. The molecule has 0 saturated heterocycles. The molecule has 2 aliphatic rings. The summed E-state index contributed by atoms with van der Waals surface area (Å²) in [5.41, 5.74) is 5.84. The lowest BCUT2D eigenvalue weighted by Crippen LogP contribution is -2.29. The van der Waals surface area contributed by atoms with Gasteiger partial charge in [-0.1, -0.05) is 47.5 Å². The zero-order chi connectivity index (χ0) is 17.7. The number of benzene rings is 2. The van der Waals surface area contributed by atoms with Gasteiger partial charge in [0.15, 0.2) is 0 Å². The molecule has 2 aromatic rings. The van der Waals surface area contributed by atoms with Crippen molar-refractivity contribution < 1.29 is 4.92 Å². The molecule has 0 saturated carbocycles. The molecule has 1 N–H and O–H groups in total. The van der Waals surface area contributed by atoms with Crippen LogP contribution in [0.15, 0.2) is 42.5 Å². The van der Waals surface area contributed by atoms with Crippen LogP contribution >= 0.6 is 11.6 Å². The summed E-state index contributed by atoms with van der Waals surface area (Å²) in [6.45, 7) is 4.23.